The van der Waals surface area contributed by atoms with Gasteiger partial charge in [0.25, 0.3) is 0 Å². The van der Waals surface area contributed by atoms with Gasteiger partial charge < -0.3 is 4.74 Å². The van der Waals surface area contributed by atoms with Crippen LogP contribution < -0.4 is 4.74 Å². The van der Waals surface area contributed by atoms with Crippen LogP contribution in [0, 0.1) is 41.8 Å². The first-order valence-electron chi connectivity index (χ1n) is 11.7. The van der Waals surface area contributed by atoms with E-state index in [1.807, 2.05) is 0 Å². The number of alkyl halides is 2. The highest BCUT2D eigenvalue weighted by atomic mass is 32.1. The first-order valence-corrected chi connectivity index (χ1v) is 12.5. The summed E-state index contributed by atoms with van der Waals surface area (Å²) in [4.78, 5) is 4.02. The van der Waals surface area contributed by atoms with Crippen LogP contribution >= 0.6 is 11.3 Å². The van der Waals surface area contributed by atoms with Crippen molar-refractivity contribution in [3.8, 4) is 16.9 Å². The predicted molar refractivity (Wildman–Crippen MR) is 136 cm³/mol. The average Bonchev–Trinajstić information content (AvgIpc) is 3.33. The first-order chi connectivity index (χ1) is 19.7. The van der Waals surface area contributed by atoms with Crippen molar-refractivity contribution in [3.05, 3.63) is 117 Å². The highest BCUT2D eigenvalue weighted by Gasteiger charge is 2.41. The summed E-state index contributed by atoms with van der Waals surface area (Å²) >= 11 is 0.869. The maximum absolute atomic E-state index is 14.9. The number of fused-ring (bicyclic) bond motifs is 1. The Labute approximate surface area is 234 Å². The highest BCUT2D eigenvalue weighted by Crippen LogP contribution is 2.39. The second-order valence-corrected chi connectivity index (χ2v) is 9.98. The number of ether oxygens (including phenoxy) is 1. The average molecular weight is 613 g/mol. The van der Waals surface area contributed by atoms with Crippen molar-refractivity contribution in [2.45, 2.75) is 13.0 Å². The second kappa shape index (κ2) is 10.8. The van der Waals surface area contributed by atoms with Crippen LogP contribution in [0.2, 0.25) is 0 Å². The van der Waals surface area contributed by atoms with Crippen molar-refractivity contribution >= 4 is 33.2 Å². The number of hydrogen-bond acceptors (Lipinski definition) is 3. The Bertz CT molecular complexity index is 1850. The summed E-state index contributed by atoms with van der Waals surface area (Å²) < 4.78 is 148. The molecule has 0 aliphatic carbocycles. The van der Waals surface area contributed by atoms with Crippen LogP contribution in [0.1, 0.15) is 21.7 Å². The summed E-state index contributed by atoms with van der Waals surface area (Å²) in [6.07, 6.45) is -4.85. The molecule has 0 atom stereocenters. The molecular weight excluding hydrogens is 600 g/mol. The highest BCUT2D eigenvalue weighted by molar-refractivity contribution is 7.19. The molecule has 42 heavy (non-hydrogen) atoms. The molecule has 0 amide bonds. The third-order valence-electron chi connectivity index (χ3n) is 5.99. The number of benzene rings is 4. The van der Waals surface area contributed by atoms with Gasteiger partial charge in [0.2, 0.25) is 0 Å². The summed E-state index contributed by atoms with van der Waals surface area (Å²) in [5, 5.41) is -0.299. The van der Waals surface area contributed by atoms with Gasteiger partial charge in [-0.1, -0.05) is 18.2 Å². The van der Waals surface area contributed by atoms with E-state index in [-0.39, 0.29) is 17.1 Å². The summed E-state index contributed by atoms with van der Waals surface area (Å²) in [7, 11) is 0. The number of aryl methyl sites for hydroxylation is 1. The van der Waals surface area contributed by atoms with Crippen LogP contribution in [0.3, 0.4) is 0 Å². The Morgan fingerprint density at radius 2 is 1.38 bits per heavy atom. The molecule has 216 valence electrons. The standard InChI is InChI=1S/C29H13F10NOS/c1-12-2-5-22-23(6-12)42-28(40-22)27(37)25(35)13-3-4-16(17(30)7-13)14-8-18(31)24(19(32)9-14)29(38,39)41-15-10-20(33)26(36)21(34)11-15/h2-11H,1H3/b27-25+. The molecule has 0 aliphatic rings. The number of rotatable bonds is 6. The summed E-state index contributed by atoms with van der Waals surface area (Å²) in [5.41, 5.74) is -2.42. The van der Waals surface area contributed by atoms with Gasteiger partial charge >= 0.3 is 6.11 Å². The van der Waals surface area contributed by atoms with E-state index in [0.717, 1.165) is 29.0 Å². The molecule has 4 aromatic carbocycles. The third kappa shape index (κ3) is 5.43. The molecule has 0 saturated carbocycles. The van der Waals surface area contributed by atoms with E-state index >= 15 is 0 Å². The minimum atomic E-state index is -4.85. The van der Waals surface area contributed by atoms with Crippen LogP contribution in [0.15, 0.2) is 60.7 Å². The lowest BCUT2D eigenvalue weighted by atomic mass is 10.00. The lowest BCUT2D eigenvalue weighted by Gasteiger charge is -2.20. The van der Waals surface area contributed by atoms with E-state index < -0.39 is 80.7 Å². The number of halogens is 10. The van der Waals surface area contributed by atoms with Gasteiger partial charge in [0.15, 0.2) is 34.1 Å². The van der Waals surface area contributed by atoms with Gasteiger partial charge in [0.1, 0.15) is 28.8 Å². The number of hydrogen-bond donors (Lipinski definition) is 0. The number of thiazole rings is 1. The maximum Gasteiger partial charge on any atom is 0.432 e. The smallest absolute Gasteiger partial charge is 0.429 e. The van der Waals surface area contributed by atoms with Gasteiger partial charge in [0, 0.05) is 23.3 Å². The fourth-order valence-electron chi connectivity index (χ4n) is 4.03. The lowest BCUT2D eigenvalue weighted by Crippen LogP contribution is -2.25. The Hall–Kier alpha value is -4.39. The molecule has 0 radical (unpaired) electrons. The minimum absolute atomic E-state index is 0.0433. The van der Waals surface area contributed by atoms with Crippen molar-refractivity contribution < 1.29 is 48.6 Å². The van der Waals surface area contributed by atoms with Crippen LogP contribution in [0.4, 0.5) is 43.9 Å². The number of aromatic nitrogens is 1. The van der Waals surface area contributed by atoms with E-state index in [9.17, 15) is 43.9 Å². The van der Waals surface area contributed by atoms with Crippen molar-refractivity contribution in [1.82, 2.24) is 4.98 Å². The Balaban J connectivity index is 1.45. The molecule has 1 aromatic heterocycles. The quantitative estimate of drug-likeness (QED) is 0.141. The lowest BCUT2D eigenvalue weighted by molar-refractivity contribution is -0.189. The predicted octanol–water partition coefficient (Wildman–Crippen LogP) is 10.00. The Morgan fingerprint density at radius 3 is 2.00 bits per heavy atom. The van der Waals surface area contributed by atoms with E-state index in [1.54, 1.807) is 25.1 Å². The molecule has 13 heteroatoms. The molecule has 0 unspecified atom stereocenters. The van der Waals surface area contributed by atoms with Crippen molar-refractivity contribution in [2.75, 3.05) is 0 Å². The second-order valence-electron chi connectivity index (χ2n) is 8.95. The zero-order valence-electron chi connectivity index (χ0n) is 20.8. The van der Waals surface area contributed by atoms with Gasteiger partial charge in [-0.05, 0) is 48.4 Å². The first kappa shape index (κ1) is 29.1. The van der Waals surface area contributed by atoms with E-state index in [0.29, 0.717) is 28.4 Å². The van der Waals surface area contributed by atoms with E-state index in [2.05, 4.69) is 9.72 Å². The fourth-order valence-corrected chi connectivity index (χ4v) is 5.02. The van der Waals surface area contributed by atoms with Gasteiger partial charge in [-0.2, -0.15) is 8.78 Å². The zero-order chi connectivity index (χ0) is 30.5. The van der Waals surface area contributed by atoms with Crippen LogP contribution in [0.25, 0.3) is 33.0 Å². The maximum atomic E-state index is 14.9. The summed E-state index contributed by atoms with van der Waals surface area (Å²) in [5.74, 6) is -15.0. The van der Waals surface area contributed by atoms with Gasteiger partial charge in [0.05, 0.1) is 10.2 Å². The Kier molecular flexibility index (Phi) is 7.48. The monoisotopic (exact) mass is 613 g/mol. The molecule has 0 bridgehead atoms. The van der Waals surface area contributed by atoms with Gasteiger partial charge in [-0.15, -0.1) is 11.3 Å². The molecular formula is C29H13F10NOS. The van der Waals surface area contributed by atoms with Crippen LogP contribution in [-0.4, -0.2) is 4.98 Å². The van der Waals surface area contributed by atoms with Gasteiger partial charge in [-0.3, -0.25) is 0 Å². The molecule has 0 N–H and O–H groups in total. The third-order valence-corrected chi connectivity index (χ3v) is 7.01. The zero-order valence-corrected chi connectivity index (χ0v) is 21.6. The van der Waals surface area contributed by atoms with Crippen molar-refractivity contribution in [1.29, 1.82) is 0 Å². The topological polar surface area (TPSA) is 22.1 Å². The molecule has 0 saturated heterocycles. The van der Waals surface area contributed by atoms with Crippen LogP contribution in [-0.2, 0) is 6.11 Å². The summed E-state index contributed by atoms with van der Waals surface area (Å²) in [6.45, 7) is 1.80. The van der Waals surface area contributed by atoms with Crippen molar-refractivity contribution in [2.24, 2.45) is 0 Å². The normalized spacial score (nSPS) is 12.5. The van der Waals surface area contributed by atoms with Crippen molar-refractivity contribution in [3.63, 3.8) is 0 Å². The fraction of sp³-hybridized carbons (Fsp3) is 0.0690. The molecule has 0 fully saturated rings. The van der Waals surface area contributed by atoms with E-state index in [1.165, 1.54) is 0 Å². The molecule has 0 aliphatic heterocycles. The summed E-state index contributed by atoms with van der Waals surface area (Å²) in [6, 6.07) is 8.10. The minimum Gasteiger partial charge on any atom is -0.429 e. The SMILES string of the molecule is Cc1ccc2nc(/C(F)=C(\F)c3ccc(-c4cc(F)c(C(F)(F)Oc5cc(F)c(F)c(F)c5)c(F)c4)c(F)c3)sc2c1. The molecule has 1 heterocycles. The van der Waals surface area contributed by atoms with Crippen LogP contribution in [0.5, 0.6) is 5.75 Å². The van der Waals surface area contributed by atoms with E-state index in [4.69, 9.17) is 0 Å². The van der Waals surface area contributed by atoms with Gasteiger partial charge in [-0.25, -0.2) is 40.1 Å². The Morgan fingerprint density at radius 1 is 0.738 bits per heavy atom. The number of nitrogens with zero attached hydrogens (tertiary/aromatic N) is 1. The molecule has 0 spiro atoms. The molecule has 5 rings (SSSR count). The molecule has 2 nitrogen and oxygen atoms in total. The largest absolute Gasteiger partial charge is 0.432 e. The molecule has 5 aromatic rings.